The zero-order chi connectivity index (χ0) is 19.0. The van der Waals surface area contributed by atoms with Crippen molar-refractivity contribution in [2.45, 2.75) is 30.9 Å². The topological polar surface area (TPSA) is 76.4 Å². The predicted octanol–water partition coefficient (Wildman–Crippen LogP) is 2.08. The van der Waals surface area contributed by atoms with Crippen LogP contribution in [0.3, 0.4) is 0 Å². The summed E-state index contributed by atoms with van der Waals surface area (Å²) < 4.78 is 82.2. The molecule has 0 spiro atoms. The van der Waals surface area contributed by atoms with Crippen molar-refractivity contribution < 1.29 is 35.9 Å². The molecule has 1 amide bonds. The monoisotopic (exact) mass is 371 g/mol. The molecule has 1 aromatic carbocycles. The normalized spacial score (nSPS) is 24.9. The fraction of sp³-hybridized carbons (Fsp3) is 0.500. The number of hydrogen-bond acceptors (Lipinski definition) is 4. The van der Waals surface area contributed by atoms with Crippen molar-refractivity contribution in [2.75, 3.05) is 18.4 Å². The Hall–Kier alpha value is -1.85. The van der Waals surface area contributed by atoms with Gasteiger partial charge in [-0.15, -0.1) is 0 Å². The Morgan fingerprint density at radius 2 is 2.00 bits per heavy atom. The summed E-state index contributed by atoms with van der Waals surface area (Å²) in [6.45, 7) is 1.88. The van der Waals surface area contributed by atoms with Gasteiger partial charge in [-0.1, -0.05) is 0 Å². The average Bonchev–Trinajstić information content (AvgIpc) is 2.47. The van der Waals surface area contributed by atoms with Crippen molar-refractivity contribution in [3.8, 4) is 0 Å². The third kappa shape index (κ3) is 3.88. The van der Waals surface area contributed by atoms with Gasteiger partial charge < -0.3 is 21.1 Å². The molecule has 2 atom stereocenters. The van der Waals surface area contributed by atoms with Gasteiger partial charge in [-0.3, -0.25) is 4.79 Å². The third-order valence-corrected chi connectivity index (χ3v) is 3.65. The summed E-state index contributed by atoms with van der Waals surface area (Å²) >= 11 is 0. The van der Waals surface area contributed by atoms with E-state index in [0.717, 1.165) is 18.2 Å². The number of hydrogen-bond donors (Lipinski definition) is 3. The first-order chi connectivity index (χ1) is 11.4. The number of nitrogens with two attached hydrogens (primary N) is 1. The van der Waals surface area contributed by atoms with E-state index in [1.165, 1.54) is 12.2 Å². The predicted molar refractivity (Wildman–Crippen MR) is 75.3 cm³/mol. The second-order valence-corrected chi connectivity index (χ2v) is 5.74. The van der Waals surface area contributed by atoms with Crippen LogP contribution in [0, 0.1) is 5.82 Å². The standard InChI is InChI=1S/C14H15F6N3O2/c1-12(6-22-5-10(21)25-12)8-4-7(2-3-9(8)15)23-11(24)13(16,17)14(18,19)20/h2-4,10,22H,5-6,21H2,1H3,(H,23,24). The maximum Gasteiger partial charge on any atom is 0.463 e. The van der Waals surface area contributed by atoms with Crippen molar-refractivity contribution in [3.05, 3.63) is 29.6 Å². The number of morpholine rings is 1. The molecule has 0 saturated carbocycles. The Kier molecular flexibility index (Phi) is 5.04. The van der Waals surface area contributed by atoms with Crippen LogP contribution in [0.2, 0.25) is 0 Å². The van der Waals surface area contributed by atoms with Crippen LogP contribution in [0.4, 0.5) is 32.0 Å². The molecular weight excluding hydrogens is 356 g/mol. The molecule has 1 aromatic rings. The number of carbonyl (C=O) groups excluding carboxylic acids is 1. The van der Waals surface area contributed by atoms with Crippen LogP contribution in [0.15, 0.2) is 18.2 Å². The van der Waals surface area contributed by atoms with Gasteiger partial charge in [0.2, 0.25) is 0 Å². The van der Waals surface area contributed by atoms with Crippen LogP contribution in [0.25, 0.3) is 0 Å². The van der Waals surface area contributed by atoms with Gasteiger partial charge in [0.1, 0.15) is 17.6 Å². The summed E-state index contributed by atoms with van der Waals surface area (Å²) in [5, 5.41) is 4.32. The van der Waals surface area contributed by atoms with Crippen molar-refractivity contribution >= 4 is 11.6 Å². The molecule has 25 heavy (non-hydrogen) atoms. The zero-order valence-corrected chi connectivity index (χ0v) is 12.9. The third-order valence-electron chi connectivity index (χ3n) is 3.65. The van der Waals surface area contributed by atoms with E-state index in [0.29, 0.717) is 6.54 Å². The molecule has 2 rings (SSSR count). The first-order valence-corrected chi connectivity index (χ1v) is 7.07. The lowest BCUT2D eigenvalue weighted by atomic mass is 9.93. The Bertz CT molecular complexity index is 666. The molecule has 0 aromatic heterocycles. The van der Waals surface area contributed by atoms with Crippen molar-refractivity contribution in [1.29, 1.82) is 0 Å². The molecule has 0 bridgehead atoms. The van der Waals surface area contributed by atoms with E-state index >= 15 is 0 Å². The highest BCUT2D eigenvalue weighted by Gasteiger charge is 2.63. The molecule has 5 nitrogen and oxygen atoms in total. The molecule has 4 N–H and O–H groups in total. The summed E-state index contributed by atoms with van der Waals surface area (Å²) in [7, 11) is 0. The molecule has 0 radical (unpaired) electrons. The van der Waals surface area contributed by atoms with Crippen molar-refractivity contribution in [3.63, 3.8) is 0 Å². The maximum absolute atomic E-state index is 14.1. The van der Waals surface area contributed by atoms with E-state index in [4.69, 9.17) is 10.5 Å². The van der Waals surface area contributed by atoms with Gasteiger partial charge in [0.05, 0.1) is 0 Å². The smallest absolute Gasteiger partial charge is 0.350 e. The lowest BCUT2D eigenvalue weighted by Crippen LogP contribution is -2.53. The summed E-state index contributed by atoms with van der Waals surface area (Å²) in [4.78, 5) is 11.2. The van der Waals surface area contributed by atoms with Gasteiger partial charge in [0.25, 0.3) is 0 Å². The van der Waals surface area contributed by atoms with E-state index in [2.05, 4.69) is 5.32 Å². The van der Waals surface area contributed by atoms with Gasteiger partial charge in [0.15, 0.2) is 0 Å². The highest BCUT2D eigenvalue weighted by atomic mass is 19.4. The molecular formula is C14H15F6N3O2. The minimum Gasteiger partial charge on any atom is -0.350 e. The SMILES string of the molecule is CC1(c2cc(NC(=O)C(F)(F)C(F)(F)F)ccc2F)CNCC(N)O1. The van der Waals surface area contributed by atoms with Crippen LogP contribution in [-0.4, -0.2) is 37.3 Å². The average molecular weight is 371 g/mol. The van der Waals surface area contributed by atoms with Crippen LogP contribution >= 0.6 is 0 Å². The van der Waals surface area contributed by atoms with E-state index in [1.54, 1.807) is 0 Å². The van der Waals surface area contributed by atoms with E-state index < -0.39 is 41.3 Å². The molecule has 140 valence electrons. The Labute approximate surface area is 138 Å². The first kappa shape index (κ1) is 19.5. The number of benzene rings is 1. The van der Waals surface area contributed by atoms with Crippen molar-refractivity contribution in [2.24, 2.45) is 5.73 Å². The lowest BCUT2D eigenvalue weighted by molar-refractivity contribution is -0.267. The molecule has 11 heteroatoms. The second kappa shape index (κ2) is 6.46. The number of carbonyl (C=O) groups is 1. The number of amides is 1. The Morgan fingerprint density at radius 1 is 1.36 bits per heavy atom. The van der Waals surface area contributed by atoms with Gasteiger partial charge in [-0.2, -0.15) is 22.0 Å². The molecule has 2 unspecified atom stereocenters. The van der Waals surface area contributed by atoms with Crippen LogP contribution in [-0.2, 0) is 15.1 Å². The first-order valence-electron chi connectivity index (χ1n) is 7.07. The maximum atomic E-state index is 14.1. The summed E-state index contributed by atoms with van der Waals surface area (Å²) in [5.74, 6) is -8.95. The van der Waals surface area contributed by atoms with Crippen LogP contribution in [0.1, 0.15) is 12.5 Å². The minimum absolute atomic E-state index is 0.119. The quantitative estimate of drug-likeness (QED) is 0.712. The van der Waals surface area contributed by atoms with Gasteiger partial charge in [-0.25, -0.2) is 4.39 Å². The highest BCUT2D eigenvalue weighted by molar-refractivity contribution is 5.96. The number of anilines is 1. The molecule has 0 aliphatic carbocycles. The fourth-order valence-electron chi connectivity index (χ4n) is 2.38. The van der Waals surface area contributed by atoms with Gasteiger partial charge in [0, 0.05) is 24.3 Å². The molecule has 1 aliphatic rings. The Morgan fingerprint density at radius 3 is 2.56 bits per heavy atom. The summed E-state index contributed by atoms with van der Waals surface area (Å²) in [6.07, 6.45) is -6.82. The molecule has 1 saturated heterocycles. The van der Waals surface area contributed by atoms with Crippen LogP contribution < -0.4 is 16.4 Å². The number of ether oxygens (including phenoxy) is 1. The Balaban J connectivity index is 2.29. The summed E-state index contributed by atoms with van der Waals surface area (Å²) in [6, 6.07) is 2.62. The van der Waals surface area contributed by atoms with E-state index in [9.17, 15) is 31.1 Å². The largest absolute Gasteiger partial charge is 0.463 e. The van der Waals surface area contributed by atoms with Gasteiger partial charge >= 0.3 is 18.0 Å². The van der Waals surface area contributed by atoms with Crippen molar-refractivity contribution in [1.82, 2.24) is 5.32 Å². The number of alkyl halides is 5. The van der Waals surface area contributed by atoms with Crippen LogP contribution in [0.5, 0.6) is 0 Å². The number of halogens is 6. The van der Waals surface area contributed by atoms with E-state index in [1.807, 2.05) is 0 Å². The second-order valence-electron chi connectivity index (χ2n) is 5.74. The molecule has 1 fully saturated rings. The zero-order valence-electron chi connectivity index (χ0n) is 12.9. The fourth-order valence-corrected chi connectivity index (χ4v) is 2.38. The molecule has 1 aliphatic heterocycles. The number of nitrogens with one attached hydrogen (secondary N) is 2. The van der Waals surface area contributed by atoms with E-state index in [-0.39, 0.29) is 12.1 Å². The minimum atomic E-state index is -6.05. The summed E-state index contributed by atoms with van der Waals surface area (Å²) in [5.41, 5.74) is 3.74. The lowest BCUT2D eigenvalue weighted by Gasteiger charge is -2.38. The molecule has 1 heterocycles. The van der Waals surface area contributed by atoms with Gasteiger partial charge in [-0.05, 0) is 25.1 Å². The highest BCUT2D eigenvalue weighted by Crippen LogP contribution is 2.37. The number of rotatable bonds is 3.